The van der Waals surface area contributed by atoms with E-state index in [0.717, 1.165) is 12.8 Å². The van der Waals surface area contributed by atoms with Gasteiger partial charge in [0.2, 0.25) is 5.95 Å². The van der Waals surface area contributed by atoms with E-state index in [1.165, 1.54) is 12.3 Å². The molecule has 1 saturated carbocycles. The zero-order valence-corrected chi connectivity index (χ0v) is 13.9. The van der Waals surface area contributed by atoms with Crippen LogP contribution < -0.4 is 5.32 Å². The average molecular weight is 333 g/mol. The molecule has 3 atom stereocenters. The van der Waals surface area contributed by atoms with E-state index in [0.29, 0.717) is 24.1 Å². The van der Waals surface area contributed by atoms with Gasteiger partial charge in [-0.3, -0.25) is 10.1 Å². The first-order valence-corrected chi connectivity index (χ1v) is 8.36. The lowest BCUT2D eigenvalue weighted by Crippen LogP contribution is -2.65. The quantitative estimate of drug-likeness (QED) is 0.802. The SMILES string of the molecule is Cc1ccc(C2NC3CCCC(=O)C34CN(C)C=C(F)N24)cc1F. The highest BCUT2D eigenvalue weighted by Crippen LogP contribution is 2.47. The summed E-state index contributed by atoms with van der Waals surface area (Å²) in [5, 5.41) is 3.40. The number of hydrogen-bond donors (Lipinski definition) is 1. The van der Waals surface area contributed by atoms with E-state index in [9.17, 15) is 13.6 Å². The normalized spacial score (nSPS) is 32.5. The number of benzene rings is 1. The van der Waals surface area contributed by atoms with E-state index in [2.05, 4.69) is 5.32 Å². The van der Waals surface area contributed by atoms with Crippen molar-refractivity contribution in [3.63, 3.8) is 0 Å². The maximum atomic E-state index is 14.9. The van der Waals surface area contributed by atoms with Crippen LogP contribution in [0.5, 0.6) is 0 Å². The van der Waals surface area contributed by atoms with Gasteiger partial charge in [0.25, 0.3) is 0 Å². The molecule has 0 aromatic heterocycles. The molecule has 4 rings (SSSR count). The maximum absolute atomic E-state index is 14.9. The Hall–Kier alpha value is -1.95. The number of likely N-dealkylation sites (N-methyl/N-ethyl adjacent to an activating group) is 1. The van der Waals surface area contributed by atoms with Crippen LogP contribution in [0.15, 0.2) is 30.3 Å². The summed E-state index contributed by atoms with van der Waals surface area (Å²) in [4.78, 5) is 16.1. The van der Waals surface area contributed by atoms with Crippen LogP contribution in [0.1, 0.15) is 36.6 Å². The molecule has 1 N–H and O–H groups in total. The van der Waals surface area contributed by atoms with Gasteiger partial charge >= 0.3 is 0 Å². The number of nitrogens with one attached hydrogen (secondary N) is 1. The Morgan fingerprint density at radius 1 is 1.33 bits per heavy atom. The maximum Gasteiger partial charge on any atom is 0.208 e. The van der Waals surface area contributed by atoms with Crippen LogP contribution in [-0.2, 0) is 4.79 Å². The molecule has 1 spiro atoms. The fourth-order valence-electron chi connectivity index (χ4n) is 4.42. The molecule has 3 aliphatic rings. The van der Waals surface area contributed by atoms with Crippen molar-refractivity contribution in [2.24, 2.45) is 0 Å². The first-order valence-electron chi connectivity index (χ1n) is 8.36. The second kappa shape index (κ2) is 5.28. The minimum atomic E-state index is -0.905. The lowest BCUT2D eigenvalue weighted by atomic mass is 9.75. The van der Waals surface area contributed by atoms with Gasteiger partial charge in [-0.05, 0) is 37.0 Å². The first-order chi connectivity index (χ1) is 11.4. The van der Waals surface area contributed by atoms with Gasteiger partial charge in [0, 0.05) is 26.1 Å². The van der Waals surface area contributed by atoms with Crippen LogP contribution in [0, 0.1) is 12.7 Å². The summed E-state index contributed by atoms with van der Waals surface area (Å²) in [5.74, 6) is -0.695. The number of ketones is 1. The fraction of sp³-hybridized carbons (Fsp3) is 0.500. The van der Waals surface area contributed by atoms with Crippen molar-refractivity contribution in [2.45, 2.75) is 43.9 Å². The number of hydrogen-bond acceptors (Lipinski definition) is 4. The monoisotopic (exact) mass is 333 g/mol. The summed E-state index contributed by atoms with van der Waals surface area (Å²) in [5.41, 5.74) is 0.292. The minimum absolute atomic E-state index is 0.0661. The van der Waals surface area contributed by atoms with Crippen molar-refractivity contribution in [3.05, 3.63) is 47.3 Å². The van der Waals surface area contributed by atoms with E-state index in [1.54, 1.807) is 35.9 Å². The predicted molar refractivity (Wildman–Crippen MR) is 86.1 cm³/mol. The van der Waals surface area contributed by atoms with Gasteiger partial charge in [0.1, 0.15) is 17.5 Å². The molecular weight excluding hydrogens is 312 g/mol. The third-order valence-corrected chi connectivity index (χ3v) is 5.56. The summed E-state index contributed by atoms with van der Waals surface area (Å²) in [6.45, 7) is 2.14. The largest absolute Gasteiger partial charge is 0.374 e. The van der Waals surface area contributed by atoms with Crippen molar-refractivity contribution < 1.29 is 13.6 Å². The topological polar surface area (TPSA) is 35.6 Å². The molecule has 128 valence electrons. The third kappa shape index (κ3) is 2.02. The van der Waals surface area contributed by atoms with Crippen LogP contribution in [0.25, 0.3) is 0 Å². The molecule has 4 nitrogen and oxygen atoms in total. The summed E-state index contributed by atoms with van der Waals surface area (Å²) in [6.07, 6.45) is 2.96. The molecule has 0 amide bonds. The van der Waals surface area contributed by atoms with Gasteiger partial charge in [-0.1, -0.05) is 12.1 Å². The van der Waals surface area contributed by atoms with E-state index in [4.69, 9.17) is 0 Å². The molecule has 2 heterocycles. The number of nitrogens with zero attached hydrogens (tertiary/aromatic N) is 2. The molecule has 3 unspecified atom stereocenters. The number of carbonyl (C=O) groups excluding carboxylic acids is 1. The zero-order chi connectivity index (χ0) is 17.1. The zero-order valence-electron chi connectivity index (χ0n) is 13.9. The van der Waals surface area contributed by atoms with Crippen molar-refractivity contribution >= 4 is 5.78 Å². The molecule has 2 aliphatic heterocycles. The van der Waals surface area contributed by atoms with Gasteiger partial charge in [-0.25, -0.2) is 4.39 Å². The van der Waals surface area contributed by atoms with E-state index >= 15 is 0 Å². The Labute approximate surface area is 140 Å². The van der Waals surface area contributed by atoms with Crippen LogP contribution in [0.3, 0.4) is 0 Å². The van der Waals surface area contributed by atoms with Gasteiger partial charge in [0.15, 0.2) is 5.78 Å². The highest BCUT2D eigenvalue weighted by atomic mass is 19.1. The van der Waals surface area contributed by atoms with Crippen molar-refractivity contribution in [1.82, 2.24) is 15.1 Å². The summed E-state index contributed by atoms with van der Waals surface area (Å²) in [6, 6.07) is 4.81. The third-order valence-electron chi connectivity index (χ3n) is 5.56. The Bertz CT molecular complexity index is 735. The van der Waals surface area contributed by atoms with Crippen molar-refractivity contribution in [2.75, 3.05) is 13.6 Å². The molecule has 2 fully saturated rings. The first kappa shape index (κ1) is 15.6. The molecule has 1 saturated heterocycles. The Morgan fingerprint density at radius 3 is 2.88 bits per heavy atom. The summed E-state index contributed by atoms with van der Waals surface area (Å²) < 4.78 is 28.9. The second-order valence-corrected chi connectivity index (χ2v) is 7.11. The lowest BCUT2D eigenvalue weighted by Gasteiger charge is -2.48. The van der Waals surface area contributed by atoms with Crippen LogP contribution in [0.4, 0.5) is 8.78 Å². The van der Waals surface area contributed by atoms with Crippen molar-refractivity contribution in [3.8, 4) is 0 Å². The van der Waals surface area contributed by atoms with Crippen LogP contribution >= 0.6 is 0 Å². The van der Waals surface area contributed by atoms with Crippen LogP contribution in [0.2, 0.25) is 0 Å². The average Bonchev–Trinajstić information content (AvgIpc) is 2.87. The van der Waals surface area contributed by atoms with Gasteiger partial charge in [-0.2, -0.15) is 4.39 Å². The molecule has 1 aliphatic carbocycles. The Kier molecular flexibility index (Phi) is 3.42. The molecule has 1 aromatic rings. The lowest BCUT2D eigenvalue weighted by molar-refractivity contribution is -0.135. The summed E-state index contributed by atoms with van der Waals surface area (Å²) >= 11 is 0. The molecule has 0 radical (unpaired) electrons. The molecule has 0 bridgehead atoms. The molecule has 1 aromatic carbocycles. The van der Waals surface area contributed by atoms with E-state index < -0.39 is 17.7 Å². The van der Waals surface area contributed by atoms with Gasteiger partial charge < -0.3 is 9.80 Å². The Balaban J connectivity index is 1.84. The second-order valence-electron chi connectivity index (χ2n) is 7.11. The Morgan fingerprint density at radius 2 is 2.12 bits per heavy atom. The minimum Gasteiger partial charge on any atom is -0.374 e. The van der Waals surface area contributed by atoms with Gasteiger partial charge in [-0.15, -0.1) is 0 Å². The molecule has 6 heteroatoms. The highest BCUT2D eigenvalue weighted by Gasteiger charge is 2.61. The number of carbonyl (C=O) groups is 1. The van der Waals surface area contributed by atoms with Gasteiger partial charge in [0.05, 0.1) is 6.20 Å². The van der Waals surface area contributed by atoms with Crippen molar-refractivity contribution in [1.29, 1.82) is 0 Å². The smallest absolute Gasteiger partial charge is 0.208 e. The molecular formula is C18H21F2N3O. The number of aryl methyl sites for hydroxylation is 1. The predicted octanol–water partition coefficient (Wildman–Crippen LogP) is 2.61. The molecule has 24 heavy (non-hydrogen) atoms. The fourth-order valence-corrected chi connectivity index (χ4v) is 4.42. The number of Topliss-reactive ketones (excluding diaryl/α,β-unsaturated/α-hetero) is 1. The van der Waals surface area contributed by atoms with Crippen LogP contribution in [-0.4, -0.2) is 40.8 Å². The highest BCUT2D eigenvalue weighted by molar-refractivity contribution is 5.91. The van der Waals surface area contributed by atoms with E-state index in [-0.39, 0.29) is 17.6 Å². The van der Waals surface area contributed by atoms with E-state index in [1.807, 2.05) is 0 Å². The number of rotatable bonds is 1. The number of halogens is 2. The summed E-state index contributed by atoms with van der Waals surface area (Å²) in [7, 11) is 1.78. The standard InChI is InChI=1S/C18H21F2N3O/c1-11-6-7-12(8-13(11)19)17-21-14-4-3-5-15(24)18(14)10-22(2)9-16(20)23(17)18/h6-9,14,17,21H,3-5,10H2,1-2H3.